The van der Waals surface area contributed by atoms with E-state index in [9.17, 15) is 9.59 Å². The van der Waals surface area contributed by atoms with Crippen molar-refractivity contribution < 1.29 is 24.2 Å². The van der Waals surface area contributed by atoms with Crippen molar-refractivity contribution in [2.45, 2.75) is 26.4 Å². The van der Waals surface area contributed by atoms with Gasteiger partial charge in [0.2, 0.25) is 0 Å². The Kier molecular flexibility index (Phi) is 4.99. The second-order valence-corrected chi connectivity index (χ2v) is 5.82. The van der Waals surface area contributed by atoms with E-state index < -0.39 is 17.7 Å². The molecule has 20 heavy (non-hydrogen) atoms. The first kappa shape index (κ1) is 16.3. The molecule has 0 radical (unpaired) electrons. The molecule has 1 aromatic carbocycles. The Balaban J connectivity index is 3.01. The van der Waals surface area contributed by atoms with Gasteiger partial charge in [-0.3, -0.25) is 5.32 Å². The highest BCUT2D eigenvalue weighted by atomic mass is 79.9. The molecule has 0 bridgehead atoms. The molecule has 0 heterocycles. The van der Waals surface area contributed by atoms with Gasteiger partial charge in [0.1, 0.15) is 16.9 Å². The Bertz CT molecular complexity index is 536. The van der Waals surface area contributed by atoms with E-state index in [2.05, 4.69) is 21.2 Å². The highest BCUT2D eigenvalue weighted by Gasteiger charge is 2.19. The zero-order chi connectivity index (χ0) is 15.5. The SMILES string of the molecule is COc1cc(NC(=O)OC(C)(C)C)cc(Br)c1C(=O)O. The molecule has 0 saturated carbocycles. The predicted octanol–water partition coefficient (Wildman–Crippen LogP) is 3.50. The van der Waals surface area contributed by atoms with E-state index in [1.165, 1.54) is 19.2 Å². The number of carbonyl (C=O) groups is 2. The Hall–Kier alpha value is -1.76. The van der Waals surface area contributed by atoms with Crippen LogP contribution in [-0.4, -0.2) is 29.9 Å². The van der Waals surface area contributed by atoms with Gasteiger partial charge < -0.3 is 14.6 Å². The summed E-state index contributed by atoms with van der Waals surface area (Å²) in [4.78, 5) is 22.8. The topological polar surface area (TPSA) is 84.9 Å². The first-order valence-electron chi connectivity index (χ1n) is 5.75. The van der Waals surface area contributed by atoms with Crippen LogP contribution >= 0.6 is 15.9 Å². The number of halogens is 1. The summed E-state index contributed by atoms with van der Waals surface area (Å²) in [5.41, 5.74) is -0.262. The number of anilines is 1. The molecular formula is C13H16BrNO5. The maximum absolute atomic E-state index is 11.7. The number of aromatic carboxylic acids is 1. The van der Waals surface area contributed by atoms with Crippen LogP contribution in [0.25, 0.3) is 0 Å². The lowest BCUT2D eigenvalue weighted by Crippen LogP contribution is -2.27. The van der Waals surface area contributed by atoms with Gasteiger partial charge in [0.05, 0.1) is 7.11 Å². The van der Waals surface area contributed by atoms with Gasteiger partial charge in [-0.05, 0) is 42.8 Å². The van der Waals surface area contributed by atoms with Crippen molar-refractivity contribution in [2.24, 2.45) is 0 Å². The van der Waals surface area contributed by atoms with Gasteiger partial charge >= 0.3 is 12.1 Å². The molecule has 0 fully saturated rings. The number of hydrogen-bond donors (Lipinski definition) is 2. The first-order chi connectivity index (χ1) is 9.14. The molecule has 0 unspecified atom stereocenters. The van der Waals surface area contributed by atoms with Gasteiger partial charge in [0.15, 0.2) is 0 Å². The molecular weight excluding hydrogens is 330 g/mol. The van der Waals surface area contributed by atoms with Gasteiger partial charge in [-0.15, -0.1) is 0 Å². The van der Waals surface area contributed by atoms with E-state index in [4.69, 9.17) is 14.6 Å². The fourth-order valence-corrected chi connectivity index (χ4v) is 2.06. The van der Waals surface area contributed by atoms with Gasteiger partial charge in [0, 0.05) is 16.2 Å². The molecule has 1 rings (SSSR count). The summed E-state index contributed by atoms with van der Waals surface area (Å²) in [5, 5.41) is 11.6. The number of amides is 1. The van der Waals surface area contributed by atoms with Crippen LogP contribution < -0.4 is 10.1 Å². The highest BCUT2D eigenvalue weighted by Crippen LogP contribution is 2.31. The van der Waals surface area contributed by atoms with E-state index in [1.54, 1.807) is 20.8 Å². The summed E-state index contributed by atoms with van der Waals surface area (Å²) >= 11 is 3.14. The molecule has 0 aromatic heterocycles. The summed E-state index contributed by atoms with van der Waals surface area (Å²) in [7, 11) is 1.35. The third-order valence-electron chi connectivity index (χ3n) is 2.13. The number of nitrogens with one attached hydrogen (secondary N) is 1. The fraction of sp³-hybridized carbons (Fsp3) is 0.385. The van der Waals surface area contributed by atoms with Gasteiger partial charge in [0.25, 0.3) is 0 Å². The average molecular weight is 346 g/mol. The molecule has 1 amide bonds. The van der Waals surface area contributed by atoms with Crippen molar-refractivity contribution in [1.29, 1.82) is 0 Å². The standard InChI is InChI=1S/C13H16BrNO5/c1-13(2,3)20-12(18)15-7-5-8(14)10(11(16)17)9(6-7)19-4/h5-6H,1-4H3,(H,15,18)(H,16,17). The molecule has 0 atom stereocenters. The molecule has 0 aliphatic carbocycles. The highest BCUT2D eigenvalue weighted by molar-refractivity contribution is 9.10. The Morgan fingerprint density at radius 1 is 1.30 bits per heavy atom. The van der Waals surface area contributed by atoms with E-state index in [-0.39, 0.29) is 11.3 Å². The number of carbonyl (C=O) groups excluding carboxylic acids is 1. The van der Waals surface area contributed by atoms with Gasteiger partial charge in [-0.2, -0.15) is 0 Å². The lowest BCUT2D eigenvalue weighted by Gasteiger charge is -2.20. The minimum absolute atomic E-state index is 0.0118. The van der Waals surface area contributed by atoms with Gasteiger partial charge in [-0.25, -0.2) is 9.59 Å². The lowest BCUT2D eigenvalue weighted by molar-refractivity contribution is 0.0634. The zero-order valence-electron chi connectivity index (χ0n) is 11.6. The third-order valence-corrected chi connectivity index (χ3v) is 2.76. The van der Waals surface area contributed by atoms with E-state index in [0.717, 1.165) is 0 Å². The summed E-state index contributed by atoms with van der Waals surface area (Å²) < 4.78 is 10.4. The summed E-state index contributed by atoms with van der Waals surface area (Å²) in [6.45, 7) is 5.24. The van der Waals surface area contributed by atoms with Crippen molar-refractivity contribution >= 4 is 33.7 Å². The van der Waals surface area contributed by atoms with Crippen LogP contribution in [-0.2, 0) is 4.74 Å². The van der Waals surface area contributed by atoms with E-state index >= 15 is 0 Å². The lowest BCUT2D eigenvalue weighted by atomic mass is 10.2. The second kappa shape index (κ2) is 6.13. The summed E-state index contributed by atoms with van der Waals surface area (Å²) in [5.74, 6) is -0.990. The van der Waals surface area contributed by atoms with Crippen LogP contribution in [0.5, 0.6) is 5.75 Å². The quantitative estimate of drug-likeness (QED) is 0.875. The fourth-order valence-electron chi connectivity index (χ4n) is 1.44. The maximum Gasteiger partial charge on any atom is 0.412 e. The average Bonchev–Trinajstić information content (AvgIpc) is 2.24. The van der Waals surface area contributed by atoms with Crippen LogP contribution in [0.3, 0.4) is 0 Å². The zero-order valence-corrected chi connectivity index (χ0v) is 13.2. The smallest absolute Gasteiger partial charge is 0.412 e. The molecule has 0 aliphatic heterocycles. The number of ether oxygens (including phenoxy) is 2. The molecule has 7 heteroatoms. The van der Waals surface area contributed by atoms with E-state index in [0.29, 0.717) is 10.2 Å². The second-order valence-electron chi connectivity index (χ2n) is 4.97. The predicted molar refractivity (Wildman–Crippen MR) is 77.5 cm³/mol. The number of carboxylic acids is 1. The Morgan fingerprint density at radius 3 is 2.35 bits per heavy atom. The normalized spacial score (nSPS) is 10.8. The van der Waals surface area contributed by atoms with Crippen molar-refractivity contribution in [3.8, 4) is 5.75 Å². The molecule has 0 spiro atoms. The molecule has 0 aliphatic rings. The van der Waals surface area contributed by atoms with Crippen LogP contribution in [0, 0.1) is 0 Å². The largest absolute Gasteiger partial charge is 0.496 e. The van der Waals surface area contributed by atoms with Crippen molar-refractivity contribution in [3.05, 3.63) is 22.2 Å². The van der Waals surface area contributed by atoms with Crippen molar-refractivity contribution in [1.82, 2.24) is 0 Å². The van der Waals surface area contributed by atoms with E-state index in [1.807, 2.05) is 0 Å². The maximum atomic E-state index is 11.7. The van der Waals surface area contributed by atoms with Crippen LogP contribution in [0.15, 0.2) is 16.6 Å². The van der Waals surface area contributed by atoms with Crippen LogP contribution in [0.4, 0.5) is 10.5 Å². The minimum Gasteiger partial charge on any atom is -0.496 e. The Morgan fingerprint density at radius 2 is 1.90 bits per heavy atom. The summed E-state index contributed by atoms with van der Waals surface area (Å²) in [6.07, 6.45) is -0.630. The first-order valence-corrected chi connectivity index (χ1v) is 6.54. The number of hydrogen-bond acceptors (Lipinski definition) is 4. The number of rotatable bonds is 3. The monoisotopic (exact) mass is 345 g/mol. The van der Waals surface area contributed by atoms with Gasteiger partial charge in [-0.1, -0.05) is 0 Å². The molecule has 110 valence electrons. The molecule has 6 nitrogen and oxygen atoms in total. The Labute approximate surface area is 125 Å². The van der Waals surface area contributed by atoms with Crippen LogP contribution in [0.2, 0.25) is 0 Å². The van der Waals surface area contributed by atoms with Crippen LogP contribution in [0.1, 0.15) is 31.1 Å². The number of carboxylic acid groups (broad SMARTS) is 1. The minimum atomic E-state index is -1.13. The summed E-state index contributed by atoms with van der Waals surface area (Å²) in [6, 6.07) is 2.88. The number of methoxy groups -OCH3 is 1. The molecule has 2 N–H and O–H groups in total. The number of benzene rings is 1. The van der Waals surface area contributed by atoms with Crippen molar-refractivity contribution in [2.75, 3.05) is 12.4 Å². The molecule has 1 aromatic rings. The third kappa shape index (κ3) is 4.41. The molecule has 0 saturated heterocycles. The van der Waals surface area contributed by atoms with Crippen molar-refractivity contribution in [3.63, 3.8) is 0 Å².